The number of anilines is 1. The zero-order valence-corrected chi connectivity index (χ0v) is 17.0. The van der Waals surface area contributed by atoms with Gasteiger partial charge >= 0.3 is 0 Å². The van der Waals surface area contributed by atoms with Gasteiger partial charge in [-0.1, -0.05) is 24.3 Å². The fourth-order valence-electron chi connectivity index (χ4n) is 4.64. The van der Waals surface area contributed by atoms with Crippen LogP contribution in [0.1, 0.15) is 30.1 Å². The molecule has 6 heteroatoms. The molecule has 1 unspecified atom stereocenters. The number of aromatic nitrogens is 2. The van der Waals surface area contributed by atoms with Crippen LogP contribution in [0, 0.1) is 5.82 Å². The highest BCUT2D eigenvalue weighted by molar-refractivity contribution is 5.53. The summed E-state index contributed by atoms with van der Waals surface area (Å²) in [6.07, 6.45) is 4.72. The molecule has 4 heterocycles. The van der Waals surface area contributed by atoms with Crippen molar-refractivity contribution in [1.29, 1.82) is 0 Å². The molecule has 2 aromatic heterocycles. The van der Waals surface area contributed by atoms with Gasteiger partial charge in [-0.25, -0.2) is 9.37 Å². The number of nitrogens with zero attached hydrogens (tertiary/aromatic N) is 5. The Bertz CT molecular complexity index is 994. The predicted molar refractivity (Wildman–Crippen MR) is 114 cm³/mol. The van der Waals surface area contributed by atoms with Gasteiger partial charge in [0.25, 0.3) is 0 Å². The van der Waals surface area contributed by atoms with E-state index in [9.17, 15) is 4.39 Å². The molecule has 0 spiro atoms. The summed E-state index contributed by atoms with van der Waals surface area (Å²) in [4.78, 5) is 12.1. The van der Waals surface area contributed by atoms with Crippen molar-refractivity contribution in [3.63, 3.8) is 0 Å². The fourth-order valence-corrected chi connectivity index (χ4v) is 4.64. The maximum Gasteiger partial charge on any atom is 0.138 e. The molecule has 1 aromatic carbocycles. The first-order chi connectivity index (χ1) is 14.2. The average molecular weight is 394 g/mol. The maximum atomic E-state index is 14.1. The van der Waals surface area contributed by atoms with E-state index in [0.29, 0.717) is 6.54 Å². The summed E-state index contributed by atoms with van der Waals surface area (Å²) in [5.41, 5.74) is 2.86. The zero-order valence-electron chi connectivity index (χ0n) is 17.0. The van der Waals surface area contributed by atoms with E-state index in [1.54, 1.807) is 12.1 Å². The van der Waals surface area contributed by atoms with Gasteiger partial charge in [-0.2, -0.15) is 0 Å². The Morgan fingerprint density at radius 3 is 2.66 bits per heavy atom. The van der Waals surface area contributed by atoms with Crippen LogP contribution < -0.4 is 4.90 Å². The number of rotatable bonds is 4. The third kappa shape index (κ3) is 3.63. The van der Waals surface area contributed by atoms with Crippen molar-refractivity contribution in [2.75, 3.05) is 44.7 Å². The molecule has 5 rings (SSSR count). The summed E-state index contributed by atoms with van der Waals surface area (Å²) in [6, 6.07) is 13.7. The van der Waals surface area contributed by atoms with E-state index in [1.165, 1.54) is 18.7 Å². The summed E-state index contributed by atoms with van der Waals surface area (Å²) >= 11 is 0. The molecule has 0 N–H and O–H groups in total. The third-order valence-corrected chi connectivity index (χ3v) is 6.34. The number of hydrogen-bond acceptors (Lipinski definition) is 4. The average Bonchev–Trinajstić information content (AvgIpc) is 3.40. The molecule has 3 aromatic rings. The molecule has 0 aliphatic carbocycles. The third-order valence-electron chi connectivity index (χ3n) is 6.34. The Morgan fingerprint density at radius 2 is 1.83 bits per heavy atom. The summed E-state index contributed by atoms with van der Waals surface area (Å²) in [5.74, 6) is 1.12. The van der Waals surface area contributed by atoms with Gasteiger partial charge in [-0.3, -0.25) is 14.2 Å². The van der Waals surface area contributed by atoms with E-state index < -0.39 is 0 Å². The van der Waals surface area contributed by atoms with Crippen molar-refractivity contribution < 1.29 is 4.39 Å². The summed E-state index contributed by atoms with van der Waals surface area (Å²) in [7, 11) is 2.16. The van der Waals surface area contributed by atoms with E-state index in [-0.39, 0.29) is 11.9 Å². The predicted octanol–water partition coefficient (Wildman–Crippen LogP) is 3.56. The van der Waals surface area contributed by atoms with Crippen LogP contribution in [0.4, 0.5) is 10.2 Å². The van der Waals surface area contributed by atoms with Gasteiger partial charge in [0.1, 0.15) is 17.3 Å². The summed E-state index contributed by atoms with van der Waals surface area (Å²) in [5, 5.41) is 0. The quantitative estimate of drug-likeness (QED) is 0.677. The van der Waals surface area contributed by atoms with Gasteiger partial charge in [0.2, 0.25) is 0 Å². The molecule has 0 saturated carbocycles. The molecule has 2 aliphatic rings. The number of benzene rings is 1. The lowest BCUT2D eigenvalue weighted by Gasteiger charge is -2.38. The van der Waals surface area contributed by atoms with Crippen LogP contribution in [0.25, 0.3) is 5.65 Å². The molecule has 152 valence electrons. The number of likely N-dealkylation sites (N-methyl/N-ethyl adjacent to an activating group) is 1. The second-order valence-electron chi connectivity index (χ2n) is 8.30. The Balaban J connectivity index is 1.41. The minimum atomic E-state index is -0.119. The second-order valence-corrected chi connectivity index (χ2v) is 8.30. The van der Waals surface area contributed by atoms with Crippen molar-refractivity contribution in [3.05, 3.63) is 65.7 Å². The van der Waals surface area contributed by atoms with Crippen LogP contribution in [0.3, 0.4) is 0 Å². The van der Waals surface area contributed by atoms with E-state index in [0.717, 1.165) is 49.6 Å². The SMILES string of the molecule is CN1CCN(Cc2ccccc2F)CC1c1cn2c(N3CCCC3)cccc2n1. The van der Waals surface area contributed by atoms with Gasteiger partial charge in [0.05, 0.1) is 11.7 Å². The summed E-state index contributed by atoms with van der Waals surface area (Å²) < 4.78 is 16.4. The number of piperazine rings is 1. The minimum absolute atomic E-state index is 0.119. The number of fused-ring (bicyclic) bond motifs is 1. The van der Waals surface area contributed by atoms with E-state index >= 15 is 0 Å². The van der Waals surface area contributed by atoms with Crippen molar-refractivity contribution in [2.45, 2.75) is 25.4 Å². The number of imidazole rings is 1. The van der Waals surface area contributed by atoms with Crippen LogP contribution >= 0.6 is 0 Å². The Hall–Kier alpha value is -2.44. The zero-order chi connectivity index (χ0) is 19.8. The van der Waals surface area contributed by atoms with Crippen LogP contribution in [-0.2, 0) is 6.54 Å². The van der Waals surface area contributed by atoms with Crippen LogP contribution in [0.5, 0.6) is 0 Å². The lowest BCUT2D eigenvalue weighted by atomic mass is 10.1. The lowest BCUT2D eigenvalue weighted by Crippen LogP contribution is -2.46. The fraction of sp³-hybridized carbons (Fsp3) is 0.435. The first-order valence-corrected chi connectivity index (χ1v) is 10.6. The topological polar surface area (TPSA) is 27.0 Å². The van der Waals surface area contributed by atoms with E-state index in [2.05, 4.69) is 50.5 Å². The molecule has 1 atom stereocenters. The standard InChI is InChI=1S/C23H28FN5/c1-26-13-14-27(15-18-7-2-3-8-19(18)24)17-21(26)20-16-29-22(25-20)9-6-10-23(29)28-11-4-5-12-28/h2-3,6-10,16,21H,4-5,11-15,17H2,1H3. The normalized spacial score (nSPS) is 21.3. The van der Waals surface area contributed by atoms with E-state index in [4.69, 9.17) is 4.98 Å². The molecule has 5 nitrogen and oxygen atoms in total. The smallest absolute Gasteiger partial charge is 0.138 e. The molecule has 2 aliphatic heterocycles. The first kappa shape index (κ1) is 18.6. The van der Waals surface area contributed by atoms with Crippen LogP contribution in [0.15, 0.2) is 48.7 Å². The van der Waals surface area contributed by atoms with Crippen molar-refractivity contribution in [2.24, 2.45) is 0 Å². The molecule has 29 heavy (non-hydrogen) atoms. The lowest BCUT2D eigenvalue weighted by molar-refractivity contribution is 0.0878. The first-order valence-electron chi connectivity index (χ1n) is 10.6. The van der Waals surface area contributed by atoms with Crippen molar-refractivity contribution in [1.82, 2.24) is 19.2 Å². The molecule has 0 bridgehead atoms. The van der Waals surface area contributed by atoms with Crippen LogP contribution in [0.2, 0.25) is 0 Å². The maximum absolute atomic E-state index is 14.1. The van der Waals surface area contributed by atoms with Crippen molar-refractivity contribution >= 4 is 11.5 Å². The molecule has 2 fully saturated rings. The van der Waals surface area contributed by atoms with Gasteiger partial charge in [-0.05, 0) is 38.1 Å². The highest BCUT2D eigenvalue weighted by Crippen LogP contribution is 2.28. The molecular weight excluding hydrogens is 365 g/mol. The Kier molecular flexibility index (Phi) is 4.97. The highest BCUT2D eigenvalue weighted by Gasteiger charge is 2.28. The number of pyridine rings is 1. The van der Waals surface area contributed by atoms with E-state index in [1.807, 2.05) is 12.1 Å². The van der Waals surface area contributed by atoms with Crippen molar-refractivity contribution in [3.8, 4) is 0 Å². The molecule has 0 radical (unpaired) electrons. The van der Waals surface area contributed by atoms with Gasteiger partial charge in [-0.15, -0.1) is 0 Å². The Morgan fingerprint density at radius 1 is 1.00 bits per heavy atom. The number of hydrogen-bond donors (Lipinski definition) is 0. The van der Waals surface area contributed by atoms with Gasteiger partial charge < -0.3 is 4.90 Å². The van der Waals surface area contributed by atoms with Gasteiger partial charge in [0, 0.05) is 51.0 Å². The molecule has 0 amide bonds. The monoisotopic (exact) mass is 393 g/mol. The highest BCUT2D eigenvalue weighted by atomic mass is 19.1. The molecular formula is C23H28FN5. The largest absolute Gasteiger partial charge is 0.358 e. The Labute approximate surface area is 171 Å². The molecule has 2 saturated heterocycles. The van der Waals surface area contributed by atoms with Crippen LogP contribution in [-0.4, -0.2) is 59.0 Å². The minimum Gasteiger partial charge on any atom is -0.358 e. The second kappa shape index (κ2) is 7.76. The number of halogens is 1. The van der Waals surface area contributed by atoms with Gasteiger partial charge in [0.15, 0.2) is 0 Å². The summed E-state index contributed by atoms with van der Waals surface area (Å²) in [6.45, 7) is 5.62.